The normalized spacial score (nSPS) is 26.5. The Kier molecular flexibility index (Phi) is 3.72. The van der Waals surface area contributed by atoms with Crippen LogP contribution in [0.25, 0.3) is 0 Å². The van der Waals surface area contributed by atoms with Gasteiger partial charge in [-0.3, -0.25) is 14.5 Å². The number of nitrogens with zero attached hydrogens (tertiary/aromatic N) is 1. The molecule has 2 aromatic rings. The maximum Gasteiger partial charge on any atom is 0.237 e. The van der Waals surface area contributed by atoms with E-state index >= 15 is 0 Å². The van der Waals surface area contributed by atoms with Gasteiger partial charge in [0, 0.05) is 0 Å². The fourth-order valence-corrected chi connectivity index (χ4v) is 4.23. The molecule has 2 aromatic carbocycles. The lowest BCUT2D eigenvalue weighted by Gasteiger charge is -2.28. The van der Waals surface area contributed by atoms with Crippen molar-refractivity contribution in [3.8, 4) is 0 Å². The summed E-state index contributed by atoms with van der Waals surface area (Å²) in [6.07, 6.45) is 2.56. The number of aryl methyl sites for hydroxylation is 1. The van der Waals surface area contributed by atoms with Crippen molar-refractivity contribution in [2.45, 2.75) is 32.1 Å². The zero-order valence-electron chi connectivity index (χ0n) is 13.8. The van der Waals surface area contributed by atoms with Gasteiger partial charge >= 0.3 is 0 Å². The molecular weight excluding hydrogens is 298 g/mol. The smallest absolute Gasteiger partial charge is 0.237 e. The van der Waals surface area contributed by atoms with E-state index in [-0.39, 0.29) is 23.7 Å². The van der Waals surface area contributed by atoms with E-state index in [0.29, 0.717) is 5.92 Å². The van der Waals surface area contributed by atoms with Crippen LogP contribution in [0, 0.1) is 18.8 Å². The van der Waals surface area contributed by atoms with Gasteiger partial charge in [-0.25, -0.2) is 0 Å². The Morgan fingerprint density at radius 3 is 2.38 bits per heavy atom. The SMILES string of the molecule is Cc1cccc(N2C(=O)[C@@H]3CC[C@@H](c4ccccc4)C[C@H]3C2=O)c1. The van der Waals surface area contributed by atoms with Crippen LogP contribution in [0.1, 0.15) is 36.3 Å². The van der Waals surface area contributed by atoms with Crippen molar-refractivity contribution in [3.63, 3.8) is 0 Å². The van der Waals surface area contributed by atoms with Gasteiger partial charge in [-0.1, -0.05) is 42.5 Å². The predicted octanol–water partition coefficient (Wildman–Crippen LogP) is 4.07. The van der Waals surface area contributed by atoms with Crippen LogP contribution >= 0.6 is 0 Å². The van der Waals surface area contributed by atoms with Gasteiger partial charge in [0.2, 0.25) is 11.8 Å². The van der Waals surface area contributed by atoms with Gasteiger partial charge in [-0.05, 0) is 55.4 Å². The van der Waals surface area contributed by atoms with Crippen LogP contribution < -0.4 is 4.90 Å². The quantitative estimate of drug-likeness (QED) is 0.783. The highest BCUT2D eigenvalue weighted by Gasteiger charge is 2.50. The molecule has 1 saturated heterocycles. The Hall–Kier alpha value is -2.42. The summed E-state index contributed by atoms with van der Waals surface area (Å²) in [4.78, 5) is 27.2. The zero-order valence-corrected chi connectivity index (χ0v) is 13.8. The molecule has 4 rings (SSSR count). The van der Waals surface area contributed by atoms with Crippen molar-refractivity contribution in [2.24, 2.45) is 11.8 Å². The predicted molar refractivity (Wildman–Crippen MR) is 93.7 cm³/mol. The third-order valence-corrected chi connectivity index (χ3v) is 5.46. The molecule has 1 saturated carbocycles. The van der Waals surface area contributed by atoms with E-state index in [1.54, 1.807) is 0 Å². The highest BCUT2D eigenvalue weighted by atomic mass is 16.2. The van der Waals surface area contributed by atoms with Crippen molar-refractivity contribution in [1.29, 1.82) is 0 Å². The van der Waals surface area contributed by atoms with Crippen molar-refractivity contribution in [1.82, 2.24) is 0 Å². The van der Waals surface area contributed by atoms with Crippen LogP contribution in [0.4, 0.5) is 5.69 Å². The topological polar surface area (TPSA) is 37.4 Å². The van der Waals surface area contributed by atoms with Crippen molar-refractivity contribution in [2.75, 3.05) is 4.90 Å². The minimum absolute atomic E-state index is 0.0119. The number of hydrogen-bond donors (Lipinski definition) is 0. The minimum atomic E-state index is -0.169. The number of carbonyl (C=O) groups is 2. The molecular formula is C21H21NO2. The molecule has 0 aromatic heterocycles. The van der Waals surface area contributed by atoms with Crippen LogP contribution in [0.15, 0.2) is 54.6 Å². The molecule has 2 fully saturated rings. The van der Waals surface area contributed by atoms with E-state index in [1.807, 2.05) is 49.4 Å². The minimum Gasteiger partial charge on any atom is -0.274 e. The molecule has 0 bridgehead atoms. The Bertz CT molecular complexity index is 783. The summed E-state index contributed by atoms with van der Waals surface area (Å²) < 4.78 is 0. The Balaban J connectivity index is 1.61. The largest absolute Gasteiger partial charge is 0.274 e. The van der Waals surface area contributed by atoms with Crippen LogP contribution in [0.5, 0.6) is 0 Å². The first-order chi connectivity index (χ1) is 11.6. The molecule has 2 amide bonds. The fraction of sp³-hybridized carbons (Fsp3) is 0.333. The fourth-order valence-electron chi connectivity index (χ4n) is 4.23. The Morgan fingerprint density at radius 2 is 1.62 bits per heavy atom. The molecule has 0 radical (unpaired) electrons. The molecule has 0 spiro atoms. The number of benzene rings is 2. The summed E-state index contributed by atoms with van der Waals surface area (Å²) >= 11 is 0. The molecule has 3 atom stereocenters. The van der Waals surface area contributed by atoms with Gasteiger partial charge in [-0.2, -0.15) is 0 Å². The molecule has 0 N–H and O–H groups in total. The maximum atomic E-state index is 12.9. The number of hydrogen-bond acceptors (Lipinski definition) is 2. The molecule has 1 heterocycles. The second-order valence-electron chi connectivity index (χ2n) is 6.98. The molecule has 24 heavy (non-hydrogen) atoms. The lowest BCUT2D eigenvalue weighted by Crippen LogP contribution is -2.30. The average Bonchev–Trinajstić information content (AvgIpc) is 2.86. The molecule has 1 aliphatic heterocycles. The van der Waals surface area contributed by atoms with Gasteiger partial charge in [0.25, 0.3) is 0 Å². The maximum absolute atomic E-state index is 12.9. The second-order valence-corrected chi connectivity index (χ2v) is 6.98. The summed E-state index contributed by atoms with van der Waals surface area (Å²) in [6.45, 7) is 1.98. The van der Waals surface area contributed by atoms with E-state index in [0.717, 1.165) is 30.5 Å². The zero-order chi connectivity index (χ0) is 16.7. The van der Waals surface area contributed by atoms with Gasteiger partial charge < -0.3 is 0 Å². The number of fused-ring (bicyclic) bond motifs is 1. The first-order valence-electron chi connectivity index (χ1n) is 8.64. The molecule has 1 aliphatic carbocycles. The highest BCUT2D eigenvalue weighted by molar-refractivity contribution is 6.22. The lowest BCUT2D eigenvalue weighted by atomic mass is 9.73. The van der Waals surface area contributed by atoms with Gasteiger partial charge in [0.1, 0.15) is 0 Å². The third kappa shape index (κ3) is 2.44. The Morgan fingerprint density at radius 1 is 0.875 bits per heavy atom. The van der Waals surface area contributed by atoms with E-state index in [9.17, 15) is 9.59 Å². The molecule has 3 heteroatoms. The summed E-state index contributed by atoms with van der Waals surface area (Å²) in [5.74, 6) is 0.0370. The highest BCUT2D eigenvalue weighted by Crippen LogP contribution is 2.45. The Labute approximate surface area is 142 Å². The van der Waals surface area contributed by atoms with Gasteiger partial charge in [-0.15, -0.1) is 0 Å². The van der Waals surface area contributed by atoms with Crippen LogP contribution in [-0.4, -0.2) is 11.8 Å². The van der Waals surface area contributed by atoms with Crippen molar-refractivity contribution < 1.29 is 9.59 Å². The molecule has 122 valence electrons. The van der Waals surface area contributed by atoms with E-state index in [1.165, 1.54) is 10.5 Å². The van der Waals surface area contributed by atoms with Crippen molar-refractivity contribution >= 4 is 17.5 Å². The second kappa shape index (κ2) is 5.90. The monoisotopic (exact) mass is 319 g/mol. The number of imide groups is 1. The molecule has 0 unspecified atom stereocenters. The first-order valence-corrected chi connectivity index (χ1v) is 8.64. The molecule has 3 nitrogen and oxygen atoms in total. The lowest BCUT2D eigenvalue weighted by molar-refractivity contribution is -0.122. The third-order valence-electron chi connectivity index (χ3n) is 5.46. The van der Waals surface area contributed by atoms with Gasteiger partial charge in [0.15, 0.2) is 0 Å². The summed E-state index contributed by atoms with van der Waals surface area (Å²) in [6, 6.07) is 18.0. The van der Waals surface area contributed by atoms with Crippen LogP contribution in [0.3, 0.4) is 0 Å². The van der Waals surface area contributed by atoms with Crippen molar-refractivity contribution in [3.05, 3.63) is 65.7 Å². The van der Waals surface area contributed by atoms with E-state index < -0.39 is 0 Å². The average molecular weight is 319 g/mol. The first kappa shape index (κ1) is 15.1. The number of carbonyl (C=O) groups excluding carboxylic acids is 2. The molecule has 2 aliphatic rings. The number of amides is 2. The standard InChI is InChI=1S/C21H21NO2/c1-14-6-5-9-17(12-14)22-20(23)18-11-10-16(13-19(18)21(22)24)15-7-3-2-4-8-15/h2-9,12,16,18-19H,10-11,13H2,1H3/t16-,18-,19-/m1/s1. The summed E-state index contributed by atoms with van der Waals surface area (Å²) in [5, 5.41) is 0. The van der Waals surface area contributed by atoms with E-state index in [4.69, 9.17) is 0 Å². The van der Waals surface area contributed by atoms with Crippen LogP contribution in [0.2, 0.25) is 0 Å². The summed E-state index contributed by atoms with van der Waals surface area (Å²) in [5.41, 5.74) is 3.06. The van der Waals surface area contributed by atoms with E-state index in [2.05, 4.69) is 12.1 Å². The summed E-state index contributed by atoms with van der Waals surface area (Å²) in [7, 11) is 0. The van der Waals surface area contributed by atoms with Gasteiger partial charge in [0.05, 0.1) is 17.5 Å². The van der Waals surface area contributed by atoms with Crippen LogP contribution in [-0.2, 0) is 9.59 Å². The number of anilines is 1. The number of rotatable bonds is 2.